The lowest BCUT2D eigenvalue weighted by molar-refractivity contribution is 0.122. The van der Waals surface area contributed by atoms with Crippen molar-refractivity contribution in [2.45, 2.75) is 0 Å². The van der Waals surface area contributed by atoms with E-state index < -0.39 is 0 Å². The molecule has 17 heavy (non-hydrogen) atoms. The molecule has 0 aliphatic carbocycles. The van der Waals surface area contributed by atoms with Crippen LogP contribution in [0.15, 0.2) is 12.1 Å². The predicted octanol–water partition coefficient (Wildman–Crippen LogP) is 1.87. The Bertz CT molecular complexity index is 550. The number of rotatable bonds is 1. The summed E-state index contributed by atoms with van der Waals surface area (Å²) in [5.41, 5.74) is 0.656. The van der Waals surface area contributed by atoms with E-state index in [0.717, 1.165) is 32.1 Å². The number of ether oxygens (including phenoxy) is 1. The van der Waals surface area contributed by atoms with Gasteiger partial charge in [0.1, 0.15) is 10.3 Å². The van der Waals surface area contributed by atoms with Gasteiger partial charge in [0.05, 0.1) is 13.2 Å². The Morgan fingerprint density at radius 2 is 1.94 bits per heavy atom. The Balaban J connectivity index is 2.03. The summed E-state index contributed by atoms with van der Waals surface area (Å²) in [5, 5.41) is 5.24. The van der Waals surface area contributed by atoms with Gasteiger partial charge in [-0.3, -0.25) is 0 Å². The van der Waals surface area contributed by atoms with Gasteiger partial charge in [0.25, 0.3) is 0 Å². The van der Waals surface area contributed by atoms with Crippen LogP contribution in [0.5, 0.6) is 0 Å². The number of aromatic nitrogens is 3. The maximum atomic E-state index is 6.05. The highest BCUT2D eigenvalue weighted by atomic mass is 35.5. The van der Waals surface area contributed by atoms with Crippen molar-refractivity contribution in [3.05, 3.63) is 22.4 Å². The largest absolute Gasteiger partial charge is 0.378 e. The van der Waals surface area contributed by atoms with Gasteiger partial charge in [-0.25, -0.2) is 9.50 Å². The van der Waals surface area contributed by atoms with E-state index in [1.165, 1.54) is 0 Å². The molecule has 7 heteroatoms. The molecule has 0 atom stereocenters. The van der Waals surface area contributed by atoms with Crippen molar-refractivity contribution in [3.63, 3.8) is 0 Å². The molecule has 90 valence electrons. The molecule has 1 fully saturated rings. The van der Waals surface area contributed by atoms with Crippen LogP contribution in [-0.2, 0) is 4.74 Å². The van der Waals surface area contributed by atoms with Crippen molar-refractivity contribution in [1.82, 2.24) is 14.6 Å². The summed E-state index contributed by atoms with van der Waals surface area (Å²) in [6.45, 7) is 3.09. The van der Waals surface area contributed by atoms with Crippen LogP contribution >= 0.6 is 23.2 Å². The van der Waals surface area contributed by atoms with Crippen LogP contribution in [0.3, 0.4) is 0 Å². The minimum atomic E-state index is 0.371. The van der Waals surface area contributed by atoms with Gasteiger partial charge in [0.15, 0.2) is 11.5 Å². The van der Waals surface area contributed by atoms with Gasteiger partial charge in [-0.05, 0) is 0 Å². The second kappa shape index (κ2) is 4.33. The molecule has 0 saturated carbocycles. The normalized spacial score (nSPS) is 16.7. The molecule has 5 nitrogen and oxygen atoms in total. The fraction of sp³-hybridized carbons (Fsp3) is 0.400. The Kier molecular flexibility index (Phi) is 2.82. The predicted molar refractivity (Wildman–Crippen MR) is 66.0 cm³/mol. The summed E-state index contributed by atoms with van der Waals surface area (Å²) in [6.07, 6.45) is 0. The van der Waals surface area contributed by atoms with Gasteiger partial charge < -0.3 is 9.64 Å². The molecule has 0 radical (unpaired) electrons. The highest BCUT2D eigenvalue weighted by Gasteiger charge is 2.16. The van der Waals surface area contributed by atoms with Crippen LogP contribution in [0, 0.1) is 0 Å². The molecule has 0 bridgehead atoms. The summed E-state index contributed by atoms with van der Waals surface area (Å²) >= 11 is 11.9. The molecule has 1 aliphatic rings. The number of hydrogen-bond donors (Lipinski definition) is 0. The first-order chi connectivity index (χ1) is 8.24. The molecule has 0 aromatic carbocycles. The lowest BCUT2D eigenvalue weighted by atomic mass is 10.4. The molecule has 0 amide bonds. The van der Waals surface area contributed by atoms with Crippen LogP contribution in [0.4, 0.5) is 5.82 Å². The first-order valence-corrected chi connectivity index (χ1v) is 6.04. The standard InChI is InChI=1S/C10H10Cl2N4O/c11-7-5-8(12)16-9(13-7)6-10(14-16)15-1-3-17-4-2-15/h5-6H,1-4H2. The molecule has 2 aromatic heterocycles. The average Bonchev–Trinajstić information content (AvgIpc) is 2.74. The van der Waals surface area contributed by atoms with Crippen LogP contribution < -0.4 is 4.90 Å². The molecule has 0 spiro atoms. The summed E-state index contributed by atoms with van der Waals surface area (Å²) in [6, 6.07) is 3.45. The first kappa shape index (κ1) is 11.1. The van der Waals surface area contributed by atoms with Gasteiger partial charge >= 0.3 is 0 Å². The van der Waals surface area contributed by atoms with E-state index in [0.29, 0.717) is 16.0 Å². The number of morpholine rings is 1. The van der Waals surface area contributed by atoms with Gasteiger partial charge in [-0.1, -0.05) is 23.2 Å². The molecular formula is C10H10Cl2N4O. The van der Waals surface area contributed by atoms with Crippen molar-refractivity contribution in [1.29, 1.82) is 0 Å². The van der Waals surface area contributed by atoms with Gasteiger partial charge in [-0.15, -0.1) is 5.10 Å². The molecule has 0 N–H and O–H groups in total. The fourth-order valence-corrected chi connectivity index (χ4v) is 2.32. The monoisotopic (exact) mass is 272 g/mol. The number of halogens is 2. The number of fused-ring (bicyclic) bond motifs is 1. The molecule has 3 rings (SSSR count). The van der Waals surface area contributed by atoms with Crippen molar-refractivity contribution >= 4 is 34.7 Å². The lowest BCUT2D eigenvalue weighted by Crippen LogP contribution is -2.36. The summed E-state index contributed by atoms with van der Waals surface area (Å²) in [4.78, 5) is 6.32. The van der Waals surface area contributed by atoms with Crippen LogP contribution in [0.25, 0.3) is 5.65 Å². The Labute approximate surface area is 108 Å². The molecule has 2 aromatic rings. The third kappa shape index (κ3) is 2.06. The third-order valence-corrected chi connectivity index (χ3v) is 3.14. The summed E-state index contributed by atoms with van der Waals surface area (Å²) < 4.78 is 6.88. The van der Waals surface area contributed by atoms with E-state index in [2.05, 4.69) is 15.0 Å². The van der Waals surface area contributed by atoms with Crippen LogP contribution in [-0.4, -0.2) is 40.9 Å². The topological polar surface area (TPSA) is 42.7 Å². The fourth-order valence-electron chi connectivity index (χ4n) is 1.84. The smallest absolute Gasteiger partial charge is 0.160 e. The van der Waals surface area contributed by atoms with E-state index in [1.54, 1.807) is 10.6 Å². The molecule has 0 unspecified atom stereocenters. The molecule has 1 saturated heterocycles. The minimum Gasteiger partial charge on any atom is -0.378 e. The Hall–Kier alpha value is -1.04. The number of hydrogen-bond acceptors (Lipinski definition) is 4. The van der Waals surface area contributed by atoms with E-state index in [9.17, 15) is 0 Å². The lowest BCUT2D eigenvalue weighted by Gasteiger charge is -2.26. The SMILES string of the molecule is Clc1cc(Cl)n2nc(N3CCOCC3)cc2n1. The Morgan fingerprint density at radius 3 is 2.71 bits per heavy atom. The molecular weight excluding hydrogens is 263 g/mol. The van der Waals surface area contributed by atoms with Crippen molar-refractivity contribution < 1.29 is 4.74 Å². The minimum absolute atomic E-state index is 0.371. The maximum absolute atomic E-state index is 6.05. The number of anilines is 1. The zero-order valence-corrected chi connectivity index (χ0v) is 10.4. The highest BCUT2D eigenvalue weighted by Crippen LogP contribution is 2.21. The van der Waals surface area contributed by atoms with Crippen molar-refractivity contribution in [3.8, 4) is 0 Å². The van der Waals surface area contributed by atoms with Gasteiger partial charge in [0, 0.05) is 25.2 Å². The van der Waals surface area contributed by atoms with Gasteiger partial charge in [0.2, 0.25) is 0 Å². The summed E-state index contributed by atoms with van der Waals surface area (Å²) in [7, 11) is 0. The Morgan fingerprint density at radius 1 is 1.18 bits per heavy atom. The first-order valence-electron chi connectivity index (χ1n) is 5.28. The number of nitrogens with zero attached hydrogens (tertiary/aromatic N) is 4. The third-order valence-electron chi connectivity index (χ3n) is 2.67. The quantitative estimate of drug-likeness (QED) is 0.744. The zero-order chi connectivity index (χ0) is 11.8. The average molecular weight is 273 g/mol. The van der Waals surface area contributed by atoms with Crippen LogP contribution in [0.2, 0.25) is 10.3 Å². The second-order valence-corrected chi connectivity index (χ2v) is 4.55. The van der Waals surface area contributed by atoms with Crippen molar-refractivity contribution in [2.24, 2.45) is 0 Å². The maximum Gasteiger partial charge on any atom is 0.160 e. The second-order valence-electron chi connectivity index (χ2n) is 3.77. The van der Waals surface area contributed by atoms with Crippen molar-refractivity contribution in [2.75, 3.05) is 31.2 Å². The van der Waals surface area contributed by atoms with E-state index >= 15 is 0 Å². The van der Waals surface area contributed by atoms with E-state index in [-0.39, 0.29) is 0 Å². The van der Waals surface area contributed by atoms with Gasteiger partial charge in [-0.2, -0.15) is 0 Å². The van der Waals surface area contributed by atoms with Crippen LogP contribution in [0.1, 0.15) is 0 Å². The molecule has 1 aliphatic heterocycles. The van der Waals surface area contributed by atoms with E-state index in [1.807, 2.05) is 6.07 Å². The van der Waals surface area contributed by atoms with E-state index in [4.69, 9.17) is 27.9 Å². The zero-order valence-electron chi connectivity index (χ0n) is 8.94. The summed E-state index contributed by atoms with van der Waals surface area (Å²) in [5.74, 6) is 0.852. The highest BCUT2D eigenvalue weighted by molar-refractivity contribution is 6.33. The molecule has 3 heterocycles.